The number of pyridine rings is 1. The smallest absolute Gasteiger partial charge is 0.129 e. The zero-order valence-electron chi connectivity index (χ0n) is 7.42. The summed E-state index contributed by atoms with van der Waals surface area (Å²) in [6.45, 7) is 0. The first kappa shape index (κ1) is 10.3. The number of fused-ring (bicyclic) bond motifs is 1. The number of nitrogens with zero attached hydrogens (tertiary/aromatic N) is 1. The molecule has 14 heavy (non-hydrogen) atoms. The maximum absolute atomic E-state index is 5.85. The zero-order chi connectivity index (χ0) is 10.1. The molecule has 1 aromatic heterocycles. The van der Waals surface area contributed by atoms with E-state index in [4.69, 9.17) is 11.6 Å². The van der Waals surface area contributed by atoms with Gasteiger partial charge in [-0.05, 0) is 28.3 Å². The van der Waals surface area contributed by atoms with Crippen molar-refractivity contribution in [2.45, 2.75) is 5.37 Å². The molecule has 1 N–H and O–H groups in total. The van der Waals surface area contributed by atoms with Crippen LogP contribution in [-0.2, 0) is 0 Å². The van der Waals surface area contributed by atoms with Crippen LogP contribution < -0.4 is 5.32 Å². The molecule has 0 aliphatic carbocycles. The van der Waals surface area contributed by atoms with Crippen molar-refractivity contribution in [3.05, 3.63) is 34.7 Å². The third kappa shape index (κ3) is 1.78. The van der Waals surface area contributed by atoms with E-state index in [-0.39, 0.29) is 5.37 Å². The van der Waals surface area contributed by atoms with Gasteiger partial charge in [-0.3, -0.25) is 0 Å². The molecular weight excluding hydrogens is 284 g/mol. The highest BCUT2D eigenvalue weighted by molar-refractivity contribution is 9.15. The second kappa shape index (κ2) is 4.13. The molecule has 1 aliphatic rings. The lowest BCUT2D eigenvalue weighted by Gasteiger charge is -2.23. The number of rotatable bonds is 1. The Morgan fingerprint density at radius 1 is 1.64 bits per heavy atom. The average Bonchev–Trinajstić information content (AvgIpc) is 2.19. The van der Waals surface area contributed by atoms with Crippen LogP contribution in [-0.4, -0.2) is 11.2 Å². The maximum Gasteiger partial charge on any atom is 0.129 e. The number of halogens is 2. The minimum Gasteiger partial charge on any atom is -0.374 e. The molecule has 0 radical (unpaired) electrons. The van der Waals surface area contributed by atoms with Gasteiger partial charge in [-0.2, -0.15) is 0 Å². The van der Waals surface area contributed by atoms with Crippen molar-refractivity contribution < 1.29 is 0 Å². The van der Waals surface area contributed by atoms with Crippen LogP contribution in [0.5, 0.6) is 0 Å². The highest BCUT2D eigenvalue weighted by Crippen LogP contribution is 2.37. The number of thioether (sulfide) groups is 1. The number of nitrogens with one attached hydrogen (secondary N) is 1. The van der Waals surface area contributed by atoms with Crippen molar-refractivity contribution in [3.8, 4) is 0 Å². The van der Waals surface area contributed by atoms with Crippen molar-refractivity contribution in [1.82, 2.24) is 10.3 Å². The normalized spacial score (nSPS) is 19.6. The van der Waals surface area contributed by atoms with E-state index in [0.717, 1.165) is 15.6 Å². The van der Waals surface area contributed by atoms with Gasteiger partial charge in [0.1, 0.15) is 5.15 Å². The molecule has 1 aromatic rings. The van der Waals surface area contributed by atoms with Crippen LogP contribution in [0.4, 0.5) is 0 Å². The van der Waals surface area contributed by atoms with Gasteiger partial charge in [0, 0.05) is 28.0 Å². The SMILES string of the molecule is CSC1NC=C(Br)c2cc(Cl)ncc21. The lowest BCUT2D eigenvalue weighted by molar-refractivity contribution is 0.828. The lowest BCUT2D eigenvalue weighted by Crippen LogP contribution is -2.17. The molecule has 0 spiro atoms. The van der Waals surface area contributed by atoms with Crippen molar-refractivity contribution in [3.63, 3.8) is 0 Å². The van der Waals surface area contributed by atoms with E-state index >= 15 is 0 Å². The Labute approximate surface area is 100 Å². The highest BCUT2D eigenvalue weighted by atomic mass is 79.9. The zero-order valence-corrected chi connectivity index (χ0v) is 10.6. The Morgan fingerprint density at radius 2 is 2.43 bits per heavy atom. The van der Waals surface area contributed by atoms with Gasteiger partial charge in [-0.15, -0.1) is 11.8 Å². The Hall–Kier alpha value is -0.190. The van der Waals surface area contributed by atoms with Crippen LogP contribution in [0.2, 0.25) is 5.15 Å². The Morgan fingerprint density at radius 3 is 3.14 bits per heavy atom. The molecule has 1 unspecified atom stereocenters. The van der Waals surface area contributed by atoms with Crippen molar-refractivity contribution in [2.24, 2.45) is 0 Å². The van der Waals surface area contributed by atoms with Gasteiger partial charge < -0.3 is 5.32 Å². The summed E-state index contributed by atoms with van der Waals surface area (Å²) in [6, 6.07) is 1.88. The fraction of sp³-hybridized carbons (Fsp3) is 0.222. The number of hydrogen-bond acceptors (Lipinski definition) is 3. The molecule has 0 bridgehead atoms. The molecule has 2 rings (SSSR count). The summed E-state index contributed by atoms with van der Waals surface area (Å²) in [4.78, 5) is 4.09. The summed E-state index contributed by atoms with van der Waals surface area (Å²) in [5.41, 5.74) is 2.28. The lowest BCUT2D eigenvalue weighted by atomic mass is 10.1. The summed E-state index contributed by atoms with van der Waals surface area (Å²) >= 11 is 11.1. The molecule has 0 saturated heterocycles. The molecule has 5 heteroatoms. The van der Waals surface area contributed by atoms with E-state index in [9.17, 15) is 0 Å². The minimum absolute atomic E-state index is 0.260. The van der Waals surface area contributed by atoms with Crippen LogP contribution in [0.3, 0.4) is 0 Å². The molecule has 0 amide bonds. The van der Waals surface area contributed by atoms with Crippen LogP contribution in [0.1, 0.15) is 16.5 Å². The van der Waals surface area contributed by atoms with Gasteiger partial charge in [0.2, 0.25) is 0 Å². The number of aromatic nitrogens is 1. The Balaban J connectivity index is 2.53. The Bertz CT molecular complexity index is 394. The van der Waals surface area contributed by atoms with Gasteiger partial charge in [0.05, 0.1) is 5.37 Å². The fourth-order valence-corrected chi connectivity index (χ4v) is 2.65. The van der Waals surface area contributed by atoms with E-state index in [0.29, 0.717) is 5.15 Å². The molecule has 1 atom stereocenters. The van der Waals surface area contributed by atoms with Crippen LogP contribution in [0.15, 0.2) is 18.5 Å². The van der Waals surface area contributed by atoms with E-state index < -0.39 is 0 Å². The predicted molar refractivity (Wildman–Crippen MR) is 65.5 cm³/mol. The van der Waals surface area contributed by atoms with Gasteiger partial charge in [-0.25, -0.2) is 4.98 Å². The second-order valence-corrected chi connectivity index (χ2v) is 5.05. The monoisotopic (exact) mass is 290 g/mol. The van der Waals surface area contributed by atoms with Crippen LogP contribution in [0.25, 0.3) is 4.48 Å². The predicted octanol–water partition coefficient (Wildman–Crippen LogP) is 3.39. The van der Waals surface area contributed by atoms with E-state index in [2.05, 4.69) is 32.5 Å². The first-order valence-electron chi connectivity index (χ1n) is 4.02. The highest BCUT2D eigenvalue weighted by Gasteiger charge is 2.19. The van der Waals surface area contributed by atoms with Gasteiger partial charge in [-0.1, -0.05) is 11.6 Å². The molecule has 0 saturated carbocycles. The molecule has 2 nitrogen and oxygen atoms in total. The van der Waals surface area contributed by atoms with Gasteiger partial charge in [0.15, 0.2) is 0 Å². The van der Waals surface area contributed by atoms with Crippen molar-refractivity contribution >= 4 is 43.8 Å². The molecule has 1 aliphatic heterocycles. The first-order chi connectivity index (χ1) is 6.72. The maximum atomic E-state index is 5.85. The van der Waals surface area contributed by atoms with Gasteiger partial charge >= 0.3 is 0 Å². The quantitative estimate of drug-likeness (QED) is 0.803. The number of hydrogen-bond donors (Lipinski definition) is 1. The third-order valence-electron chi connectivity index (χ3n) is 2.04. The molecule has 0 aromatic carbocycles. The molecule has 74 valence electrons. The first-order valence-corrected chi connectivity index (χ1v) is 6.48. The topological polar surface area (TPSA) is 24.9 Å². The van der Waals surface area contributed by atoms with Gasteiger partial charge in [0.25, 0.3) is 0 Å². The van der Waals surface area contributed by atoms with Crippen LogP contribution in [0, 0.1) is 0 Å². The molecular formula is C9H8BrClN2S. The summed E-state index contributed by atoms with van der Waals surface area (Å²) < 4.78 is 1.02. The standard InChI is InChI=1S/C9H8BrClN2S/c1-14-9-6-3-12-8(11)2-5(6)7(10)4-13-9/h2-4,9,13H,1H3. The third-order valence-corrected chi connectivity index (χ3v) is 3.76. The van der Waals surface area contributed by atoms with Crippen LogP contribution >= 0.6 is 39.3 Å². The van der Waals surface area contributed by atoms with Crippen molar-refractivity contribution in [2.75, 3.05) is 6.26 Å². The molecule has 0 fully saturated rings. The summed E-state index contributed by atoms with van der Waals surface area (Å²) in [5.74, 6) is 0. The summed E-state index contributed by atoms with van der Waals surface area (Å²) in [5, 5.41) is 4.05. The fourth-order valence-electron chi connectivity index (χ4n) is 1.37. The summed E-state index contributed by atoms with van der Waals surface area (Å²) in [7, 11) is 0. The Kier molecular flexibility index (Phi) is 3.04. The average molecular weight is 292 g/mol. The van der Waals surface area contributed by atoms with Crippen molar-refractivity contribution in [1.29, 1.82) is 0 Å². The largest absolute Gasteiger partial charge is 0.374 e. The molecule has 2 heterocycles. The van der Waals surface area contributed by atoms with E-state index in [1.165, 1.54) is 0 Å². The van der Waals surface area contributed by atoms with E-state index in [1.807, 2.05) is 18.5 Å². The minimum atomic E-state index is 0.260. The van der Waals surface area contributed by atoms with E-state index in [1.54, 1.807) is 11.8 Å². The second-order valence-electron chi connectivity index (χ2n) is 2.87. The summed E-state index contributed by atoms with van der Waals surface area (Å²) in [6.07, 6.45) is 5.82.